The molecule has 2 nitrogen and oxygen atoms in total. The van der Waals surface area contributed by atoms with Crippen LogP contribution in [0, 0.1) is 5.82 Å². The summed E-state index contributed by atoms with van der Waals surface area (Å²) in [5.74, 6) is -0.142. The Morgan fingerprint density at radius 1 is 1.10 bits per heavy atom. The van der Waals surface area contributed by atoms with Crippen molar-refractivity contribution in [2.45, 2.75) is 38.6 Å². The van der Waals surface area contributed by atoms with Crippen molar-refractivity contribution in [3.05, 3.63) is 35.6 Å². The number of piperazine rings is 1. The van der Waals surface area contributed by atoms with Gasteiger partial charge in [-0.25, -0.2) is 4.39 Å². The van der Waals surface area contributed by atoms with Crippen molar-refractivity contribution in [2.75, 3.05) is 26.2 Å². The fourth-order valence-electron chi connectivity index (χ4n) is 2.83. The first-order valence-electron chi connectivity index (χ1n) is 7.51. The Kier molecular flexibility index (Phi) is 11.1. The van der Waals surface area contributed by atoms with Crippen LogP contribution in [0.15, 0.2) is 24.3 Å². The van der Waals surface area contributed by atoms with Crippen LogP contribution in [0.3, 0.4) is 0 Å². The van der Waals surface area contributed by atoms with Gasteiger partial charge in [-0.1, -0.05) is 38.3 Å². The van der Waals surface area contributed by atoms with Crippen LogP contribution in [0.2, 0.25) is 0 Å². The van der Waals surface area contributed by atoms with Crippen LogP contribution in [-0.4, -0.2) is 31.1 Å². The number of nitrogens with one attached hydrogen (secondary N) is 1. The highest BCUT2D eigenvalue weighted by Gasteiger charge is 2.21. The molecule has 0 radical (unpaired) electrons. The van der Waals surface area contributed by atoms with Crippen molar-refractivity contribution in [3.8, 4) is 0 Å². The molecule has 1 heterocycles. The van der Waals surface area contributed by atoms with Gasteiger partial charge in [0.1, 0.15) is 5.82 Å². The predicted octanol–water partition coefficient (Wildman–Crippen LogP) is 4.20. The van der Waals surface area contributed by atoms with Gasteiger partial charge in [0.25, 0.3) is 0 Å². The lowest BCUT2D eigenvalue weighted by atomic mass is 9.98. The molecular formula is C16H27Cl2FN2. The van der Waals surface area contributed by atoms with Crippen LogP contribution in [0.1, 0.15) is 44.2 Å². The fraction of sp³-hybridized carbons (Fsp3) is 0.625. The van der Waals surface area contributed by atoms with Crippen LogP contribution in [0.25, 0.3) is 0 Å². The SMILES string of the molecule is CCCCC[C@@H](c1ccc(F)cc1)N1CCNCC1.Cl.Cl. The topological polar surface area (TPSA) is 15.3 Å². The molecule has 1 saturated heterocycles. The summed E-state index contributed by atoms with van der Waals surface area (Å²) in [7, 11) is 0. The number of hydrogen-bond acceptors (Lipinski definition) is 2. The highest BCUT2D eigenvalue weighted by molar-refractivity contribution is 5.85. The van der Waals surface area contributed by atoms with Crippen LogP contribution in [0.4, 0.5) is 4.39 Å². The molecule has 0 saturated carbocycles. The Bertz CT molecular complexity index is 367. The van der Waals surface area contributed by atoms with Crippen LogP contribution in [0.5, 0.6) is 0 Å². The van der Waals surface area contributed by atoms with E-state index in [0.29, 0.717) is 6.04 Å². The molecule has 1 aliphatic heterocycles. The molecule has 1 aromatic carbocycles. The van der Waals surface area contributed by atoms with Gasteiger partial charge in [0.05, 0.1) is 0 Å². The van der Waals surface area contributed by atoms with Crippen molar-refractivity contribution in [1.29, 1.82) is 0 Å². The zero-order valence-electron chi connectivity index (χ0n) is 12.7. The maximum Gasteiger partial charge on any atom is 0.123 e. The van der Waals surface area contributed by atoms with Crippen LogP contribution in [-0.2, 0) is 0 Å². The zero-order valence-corrected chi connectivity index (χ0v) is 14.3. The molecule has 122 valence electrons. The van der Waals surface area contributed by atoms with Crippen LogP contribution >= 0.6 is 24.8 Å². The third kappa shape index (κ3) is 6.52. The third-order valence-electron chi connectivity index (χ3n) is 3.93. The predicted molar refractivity (Wildman–Crippen MR) is 92.2 cm³/mol. The highest BCUT2D eigenvalue weighted by atomic mass is 35.5. The second-order valence-corrected chi connectivity index (χ2v) is 5.35. The normalized spacial score (nSPS) is 16.7. The van der Waals surface area contributed by atoms with E-state index in [-0.39, 0.29) is 30.6 Å². The van der Waals surface area contributed by atoms with E-state index in [0.717, 1.165) is 26.2 Å². The van der Waals surface area contributed by atoms with E-state index in [1.54, 1.807) is 12.1 Å². The summed E-state index contributed by atoms with van der Waals surface area (Å²) in [5.41, 5.74) is 1.26. The van der Waals surface area contributed by atoms with Crippen molar-refractivity contribution in [2.24, 2.45) is 0 Å². The molecular weight excluding hydrogens is 310 g/mol. The standard InChI is InChI=1S/C16H25FN2.2ClH/c1-2-3-4-5-16(19-12-10-18-11-13-19)14-6-8-15(17)9-7-14;;/h6-9,16,18H,2-5,10-13H2,1H3;2*1H/t16-;;/m0../s1. The zero-order chi connectivity index (χ0) is 13.5. The lowest BCUT2D eigenvalue weighted by Crippen LogP contribution is -2.45. The quantitative estimate of drug-likeness (QED) is 0.783. The van der Waals surface area contributed by atoms with E-state index in [2.05, 4.69) is 17.1 Å². The Labute approximate surface area is 140 Å². The van der Waals surface area contributed by atoms with Crippen molar-refractivity contribution < 1.29 is 4.39 Å². The van der Waals surface area contributed by atoms with Crippen molar-refractivity contribution >= 4 is 24.8 Å². The summed E-state index contributed by atoms with van der Waals surface area (Å²) >= 11 is 0. The average molecular weight is 337 g/mol. The molecule has 1 atom stereocenters. The molecule has 5 heteroatoms. The molecule has 0 aliphatic carbocycles. The minimum absolute atomic E-state index is 0. The molecule has 21 heavy (non-hydrogen) atoms. The molecule has 0 aromatic heterocycles. The number of benzene rings is 1. The average Bonchev–Trinajstić information content (AvgIpc) is 2.46. The molecule has 1 fully saturated rings. The Balaban J connectivity index is 0.00000200. The first-order valence-corrected chi connectivity index (χ1v) is 7.51. The van der Waals surface area contributed by atoms with Crippen molar-refractivity contribution in [3.63, 3.8) is 0 Å². The van der Waals surface area contributed by atoms with Gasteiger partial charge in [0, 0.05) is 32.2 Å². The largest absolute Gasteiger partial charge is 0.314 e. The molecule has 1 N–H and O–H groups in total. The van der Waals surface area contributed by atoms with E-state index < -0.39 is 0 Å². The van der Waals surface area contributed by atoms with Gasteiger partial charge in [-0.05, 0) is 24.1 Å². The molecule has 1 aliphatic rings. The maximum atomic E-state index is 13.1. The van der Waals surface area contributed by atoms with E-state index in [9.17, 15) is 4.39 Å². The Morgan fingerprint density at radius 2 is 1.71 bits per heavy atom. The number of hydrogen-bond donors (Lipinski definition) is 1. The monoisotopic (exact) mass is 336 g/mol. The molecule has 0 spiro atoms. The first-order chi connectivity index (χ1) is 9.31. The van der Waals surface area contributed by atoms with E-state index in [4.69, 9.17) is 0 Å². The number of nitrogens with zero attached hydrogens (tertiary/aromatic N) is 1. The lowest BCUT2D eigenvalue weighted by Gasteiger charge is -2.35. The van der Waals surface area contributed by atoms with Gasteiger partial charge in [-0.15, -0.1) is 24.8 Å². The van der Waals surface area contributed by atoms with E-state index in [1.807, 2.05) is 12.1 Å². The van der Waals surface area contributed by atoms with Gasteiger partial charge >= 0.3 is 0 Å². The van der Waals surface area contributed by atoms with E-state index >= 15 is 0 Å². The highest BCUT2D eigenvalue weighted by Crippen LogP contribution is 2.27. The molecule has 1 aromatic rings. The smallest absolute Gasteiger partial charge is 0.123 e. The summed E-state index contributed by atoms with van der Waals surface area (Å²) in [6, 6.07) is 7.53. The van der Waals surface area contributed by atoms with Gasteiger partial charge in [-0.3, -0.25) is 4.90 Å². The fourth-order valence-corrected chi connectivity index (χ4v) is 2.83. The Morgan fingerprint density at radius 3 is 2.29 bits per heavy atom. The second kappa shape index (κ2) is 11.2. The van der Waals surface area contributed by atoms with Crippen molar-refractivity contribution in [1.82, 2.24) is 10.2 Å². The number of unbranched alkanes of at least 4 members (excludes halogenated alkanes) is 2. The van der Waals surface area contributed by atoms with E-state index in [1.165, 1.54) is 31.2 Å². The summed E-state index contributed by atoms with van der Waals surface area (Å²) < 4.78 is 13.1. The minimum Gasteiger partial charge on any atom is -0.314 e. The van der Waals surface area contributed by atoms with Gasteiger partial charge in [0.15, 0.2) is 0 Å². The minimum atomic E-state index is -0.142. The molecule has 2 rings (SSSR count). The van der Waals surface area contributed by atoms with Gasteiger partial charge < -0.3 is 5.32 Å². The van der Waals surface area contributed by atoms with Gasteiger partial charge in [0.2, 0.25) is 0 Å². The second-order valence-electron chi connectivity index (χ2n) is 5.35. The summed E-state index contributed by atoms with van der Waals surface area (Å²) in [5, 5.41) is 3.40. The third-order valence-corrected chi connectivity index (χ3v) is 3.93. The first kappa shape index (κ1) is 20.6. The van der Waals surface area contributed by atoms with Crippen LogP contribution < -0.4 is 5.32 Å². The molecule has 0 amide bonds. The van der Waals surface area contributed by atoms with Gasteiger partial charge in [-0.2, -0.15) is 0 Å². The molecule has 0 bridgehead atoms. The summed E-state index contributed by atoms with van der Waals surface area (Å²) in [4.78, 5) is 2.54. The lowest BCUT2D eigenvalue weighted by molar-refractivity contribution is 0.162. The summed E-state index contributed by atoms with van der Waals surface area (Å²) in [6.45, 7) is 6.54. The summed E-state index contributed by atoms with van der Waals surface area (Å²) in [6.07, 6.45) is 4.96. The maximum absolute atomic E-state index is 13.1. The Hall–Kier alpha value is -0.350. The number of halogens is 3. The molecule has 0 unspecified atom stereocenters. The number of rotatable bonds is 6.